The molecule has 0 radical (unpaired) electrons. The standard InChI is InChI=1S/C14H20ClNO2/c1-9-8-11(6-7-12(9)15)10(2)16-13(17)18-14(3,4)5/h6-8,10H,1-5H3,(H,16,17)/t10-/m0/s1. The van der Waals surface area contributed by atoms with Crippen molar-refractivity contribution in [1.29, 1.82) is 0 Å². The van der Waals surface area contributed by atoms with Gasteiger partial charge in [-0.05, 0) is 51.8 Å². The lowest BCUT2D eigenvalue weighted by Gasteiger charge is -2.22. The average molecular weight is 270 g/mol. The van der Waals surface area contributed by atoms with Crippen LogP contribution in [-0.2, 0) is 4.74 Å². The number of benzene rings is 1. The molecule has 100 valence electrons. The van der Waals surface area contributed by atoms with Crippen molar-refractivity contribution in [2.24, 2.45) is 0 Å². The van der Waals surface area contributed by atoms with E-state index in [2.05, 4.69) is 5.32 Å². The first-order valence-corrected chi connectivity index (χ1v) is 6.32. The Hall–Kier alpha value is -1.22. The Balaban J connectivity index is 2.68. The highest BCUT2D eigenvalue weighted by Gasteiger charge is 2.18. The fourth-order valence-corrected chi connectivity index (χ4v) is 1.62. The lowest BCUT2D eigenvalue weighted by molar-refractivity contribution is 0.0508. The number of halogens is 1. The van der Waals surface area contributed by atoms with E-state index in [1.54, 1.807) is 0 Å². The molecule has 0 aliphatic rings. The third-order valence-corrected chi connectivity index (χ3v) is 2.84. The number of alkyl carbamates (subject to hydrolysis) is 1. The van der Waals surface area contributed by atoms with Crippen LogP contribution >= 0.6 is 11.6 Å². The van der Waals surface area contributed by atoms with Gasteiger partial charge in [0.25, 0.3) is 0 Å². The Labute approximate surface area is 113 Å². The van der Waals surface area contributed by atoms with Gasteiger partial charge in [0.15, 0.2) is 0 Å². The molecule has 18 heavy (non-hydrogen) atoms. The van der Waals surface area contributed by atoms with Crippen molar-refractivity contribution in [3.8, 4) is 0 Å². The number of carbonyl (C=O) groups is 1. The van der Waals surface area contributed by atoms with Crippen molar-refractivity contribution in [3.63, 3.8) is 0 Å². The molecule has 0 heterocycles. The molecular formula is C14H20ClNO2. The van der Waals surface area contributed by atoms with Gasteiger partial charge in [0.05, 0.1) is 6.04 Å². The normalized spacial score (nSPS) is 13.0. The molecule has 4 heteroatoms. The van der Waals surface area contributed by atoms with Gasteiger partial charge in [-0.2, -0.15) is 0 Å². The molecule has 0 aromatic heterocycles. The Morgan fingerprint density at radius 3 is 2.50 bits per heavy atom. The summed E-state index contributed by atoms with van der Waals surface area (Å²) in [4.78, 5) is 11.6. The zero-order chi connectivity index (χ0) is 13.9. The van der Waals surface area contributed by atoms with Crippen LogP contribution in [0.25, 0.3) is 0 Å². The molecule has 1 aromatic carbocycles. The monoisotopic (exact) mass is 269 g/mol. The summed E-state index contributed by atoms with van der Waals surface area (Å²) in [5, 5.41) is 3.52. The van der Waals surface area contributed by atoms with Crippen LogP contribution < -0.4 is 5.32 Å². The molecule has 1 amide bonds. The summed E-state index contributed by atoms with van der Waals surface area (Å²) in [6.45, 7) is 9.36. The second kappa shape index (κ2) is 5.61. The van der Waals surface area contributed by atoms with Gasteiger partial charge in [0, 0.05) is 5.02 Å². The first kappa shape index (κ1) is 14.8. The van der Waals surface area contributed by atoms with E-state index in [-0.39, 0.29) is 6.04 Å². The van der Waals surface area contributed by atoms with E-state index < -0.39 is 11.7 Å². The molecule has 0 fully saturated rings. The van der Waals surface area contributed by atoms with Crippen LogP contribution in [0.5, 0.6) is 0 Å². The Bertz CT molecular complexity index is 438. The van der Waals surface area contributed by atoms with Gasteiger partial charge in [0.1, 0.15) is 5.60 Å². The number of amides is 1. The van der Waals surface area contributed by atoms with E-state index in [1.165, 1.54) is 0 Å². The summed E-state index contributed by atoms with van der Waals surface area (Å²) in [5.41, 5.74) is 1.51. The number of carbonyl (C=O) groups excluding carboxylic acids is 1. The molecule has 0 unspecified atom stereocenters. The SMILES string of the molecule is Cc1cc([C@H](C)NC(=O)OC(C)(C)C)ccc1Cl. The molecule has 1 atom stereocenters. The van der Waals surface area contributed by atoms with Crippen molar-refractivity contribution < 1.29 is 9.53 Å². The molecule has 0 spiro atoms. The topological polar surface area (TPSA) is 38.3 Å². The van der Waals surface area contributed by atoms with Crippen LogP contribution in [0.2, 0.25) is 5.02 Å². The highest BCUT2D eigenvalue weighted by Crippen LogP contribution is 2.21. The smallest absolute Gasteiger partial charge is 0.408 e. The summed E-state index contributed by atoms with van der Waals surface area (Å²) in [7, 11) is 0. The summed E-state index contributed by atoms with van der Waals surface area (Å²) in [6, 6.07) is 5.58. The summed E-state index contributed by atoms with van der Waals surface area (Å²) in [5.74, 6) is 0. The van der Waals surface area contributed by atoms with Crippen LogP contribution in [-0.4, -0.2) is 11.7 Å². The third-order valence-electron chi connectivity index (χ3n) is 2.42. The van der Waals surface area contributed by atoms with E-state index >= 15 is 0 Å². The van der Waals surface area contributed by atoms with Crippen molar-refractivity contribution >= 4 is 17.7 Å². The van der Waals surface area contributed by atoms with Gasteiger partial charge < -0.3 is 10.1 Å². The number of ether oxygens (including phenoxy) is 1. The van der Waals surface area contributed by atoms with Gasteiger partial charge >= 0.3 is 6.09 Å². The lowest BCUT2D eigenvalue weighted by atomic mass is 10.1. The van der Waals surface area contributed by atoms with Crippen LogP contribution in [0, 0.1) is 6.92 Å². The third kappa shape index (κ3) is 4.57. The summed E-state index contributed by atoms with van der Waals surface area (Å²) >= 11 is 5.97. The van der Waals surface area contributed by atoms with Gasteiger partial charge in [-0.25, -0.2) is 4.79 Å². The van der Waals surface area contributed by atoms with Crippen LogP contribution in [0.15, 0.2) is 18.2 Å². The first-order chi connectivity index (χ1) is 8.19. The number of rotatable bonds is 2. The Kier molecular flexibility index (Phi) is 4.63. The zero-order valence-corrected chi connectivity index (χ0v) is 12.3. The molecule has 1 aromatic rings. The minimum absolute atomic E-state index is 0.115. The number of hydrogen-bond donors (Lipinski definition) is 1. The van der Waals surface area contributed by atoms with Gasteiger partial charge in [-0.15, -0.1) is 0 Å². The molecule has 0 saturated heterocycles. The fraction of sp³-hybridized carbons (Fsp3) is 0.500. The highest BCUT2D eigenvalue weighted by atomic mass is 35.5. The number of nitrogens with one attached hydrogen (secondary N) is 1. The minimum atomic E-state index is -0.486. The van der Waals surface area contributed by atoms with Crippen LogP contribution in [0.4, 0.5) is 4.79 Å². The molecular weight excluding hydrogens is 250 g/mol. The predicted octanol–water partition coefficient (Wildman–Crippen LogP) is 4.23. The summed E-state index contributed by atoms with van der Waals surface area (Å²) < 4.78 is 5.21. The van der Waals surface area contributed by atoms with Crippen LogP contribution in [0.3, 0.4) is 0 Å². The van der Waals surface area contributed by atoms with Crippen molar-refractivity contribution in [2.45, 2.75) is 46.3 Å². The first-order valence-electron chi connectivity index (χ1n) is 5.94. The maximum absolute atomic E-state index is 11.6. The molecule has 1 N–H and O–H groups in total. The second-order valence-electron chi connectivity index (χ2n) is 5.38. The van der Waals surface area contributed by atoms with Gasteiger partial charge in [-0.3, -0.25) is 0 Å². The second-order valence-corrected chi connectivity index (χ2v) is 5.78. The molecule has 1 rings (SSSR count). The lowest BCUT2D eigenvalue weighted by Crippen LogP contribution is -2.34. The maximum atomic E-state index is 11.6. The van der Waals surface area contributed by atoms with Crippen molar-refractivity contribution in [3.05, 3.63) is 34.3 Å². The van der Waals surface area contributed by atoms with E-state index in [9.17, 15) is 4.79 Å². The van der Waals surface area contributed by atoms with Crippen molar-refractivity contribution in [2.75, 3.05) is 0 Å². The Morgan fingerprint density at radius 2 is 2.00 bits per heavy atom. The fourth-order valence-electron chi connectivity index (χ4n) is 1.50. The average Bonchev–Trinajstić information content (AvgIpc) is 2.18. The molecule has 0 bridgehead atoms. The Morgan fingerprint density at radius 1 is 1.39 bits per heavy atom. The van der Waals surface area contributed by atoms with E-state index in [1.807, 2.05) is 52.8 Å². The van der Waals surface area contributed by atoms with Gasteiger partial charge in [0.2, 0.25) is 0 Å². The molecule has 0 saturated carbocycles. The number of aryl methyl sites for hydroxylation is 1. The van der Waals surface area contributed by atoms with Gasteiger partial charge in [-0.1, -0.05) is 23.7 Å². The minimum Gasteiger partial charge on any atom is -0.444 e. The quantitative estimate of drug-likeness (QED) is 0.872. The van der Waals surface area contributed by atoms with E-state index in [0.29, 0.717) is 0 Å². The number of hydrogen-bond acceptors (Lipinski definition) is 2. The summed E-state index contributed by atoms with van der Waals surface area (Å²) in [6.07, 6.45) is -0.414. The predicted molar refractivity (Wildman–Crippen MR) is 74.0 cm³/mol. The largest absolute Gasteiger partial charge is 0.444 e. The van der Waals surface area contributed by atoms with Crippen molar-refractivity contribution in [1.82, 2.24) is 5.32 Å². The van der Waals surface area contributed by atoms with E-state index in [0.717, 1.165) is 16.1 Å². The molecule has 0 aliphatic heterocycles. The van der Waals surface area contributed by atoms with Crippen LogP contribution in [0.1, 0.15) is 44.9 Å². The van der Waals surface area contributed by atoms with E-state index in [4.69, 9.17) is 16.3 Å². The molecule has 3 nitrogen and oxygen atoms in total. The maximum Gasteiger partial charge on any atom is 0.408 e. The highest BCUT2D eigenvalue weighted by molar-refractivity contribution is 6.31. The zero-order valence-electron chi connectivity index (χ0n) is 11.5. The molecule has 0 aliphatic carbocycles.